The van der Waals surface area contributed by atoms with Gasteiger partial charge in [0.25, 0.3) is 5.89 Å². The molecule has 0 amide bonds. The zero-order valence-corrected chi connectivity index (χ0v) is 22.1. The van der Waals surface area contributed by atoms with Crippen LogP contribution in [0.25, 0.3) is 28.5 Å². The van der Waals surface area contributed by atoms with Gasteiger partial charge in [0.05, 0.1) is 25.0 Å². The van der Waals surface area contributed by atoms with E-state index in [9.17, 15) is 23.1 Å². The Morgan fingerprint density at radius 3 is 2.66 bits per heavy atom. The number of aliphatic hydroxyl groups is 1. The number of piperidine rings is 1. The Labute approximate surface area is 233 Å². The summed E-state index contributed by atoms with van der Waals surface area (Å²) in [6, 6.07) is 12.9. The molecular formula is C28H28F3N5O5. The molecule has 0 unspecified atom stereocenters. The van der Waals surface area contributed by atoms with Gasteiger partial charge in [0.2, 0.25) is 5.82 Å². The maximum atomic E-state index is 14.2. The van der Waals surface area contributed by atoms with Gasteiger partial charge in [-0.25, -0.2) is 4.68 Å². The Kier molecular flexibility index (Phi) is 8.08. The van der Waals surface area contributed by atoms with Crippen LogP contribution in [0.2, 0.25) is 0 Å². The van der Waals surface area contributed by atoms with Crippen molar-refractivity contribution in [3.8, 4) is 34.3 Å². The molecule has 41 heavy (non-hydrogen) atoms. The lowest BCUT2D eigenvalue weighted by Gasteiger charge is -2.33. The SMILES string of the molecule is COc1ccccc1-n1ncc(-c2nc(-c3ccc([C@@H](O)CN4CCC[C@H](CC(=O)O)C4)cc3)no2)c1C(F)(F)F. The molecule has 1 aliphatic rings. The first-order valence-corrected chi connectivity index (χ1v) is 13.0. The second kappa shape index (κ2) is 11.7. The molecule has 1 fully saturated rings. The monoisotopic (exact) mass is 571 g/mol. The number of ether oxygens (including phenoxy) is 1. The van der Waals surface area contributed by atoms with E-state index in [4.69, 9.17) is 14.4 Å². The number of hydrogen-bond donors (Lipinski definition) is 2. The lowest BCUT2D eigenvalue weighted by Crippen LogP contribution is -2.38. The van der Waals surface area contributed by atoms with E-state index in [0.717, 1.165) is 30.3 Å². The number of aromatic nitrogens is 4. The van der Waals surface area contributed by atoms with Crippen LogP contribution in [0.3, 0.4) is 0 Å². The van der Waals surface area contributed by atoms with Crippen LogP contribution in [0.1, 0.15) is 36.6 Å². The van der Waals surface area contributed by atoms with Crippen LogP contribution in [0.5, 0.6) is 5.75 Å². The van der Waals surface area contributed by atoms with E-state index in [1.54, 1.807) is 36.4 Å². The van der Waals surface area contributed by atoms with Crippen LogP contribution in [-0.2, 0) is 11.0 Å². The Balaban J connectivity index is 1.34. The van der Waals surface area contributed by atoms with Gasteiger partial charge < -0.3 is 24.4 Å². The fraction of sp³-hybridized carbons (Fsp3) is 0.357. The summed E-state index contributed by atoms with van der Waals surface area (Å²) >= 11 is 0. The number of para-hydroxylation sites is 2. The molecule has 5 rings (SSSR count). The van der Waals surface area contributed by atoms with Crippen LogP contribution in [0, 0.1) is 5.92 Å². The maximum absolute atomic E-state index is 14.2. The first-order chi connectivity index (χ1) is 19.6. The van der Waals surface area contributed by atoms with Crippen molar-refractivity contribution < 1.29 is 37.4 Å². The number of benzene rings is 2. The summed E-state index contributed by atoms with van der Waals surface area (Å²) in [5, 5.41) is 27.6. The Morgan fingerprint density at radius 2 is 1.95 bits per heavy atom. The molecule has 0 saturated carbocycles. The summed E-state index contributed by atoms with van der Waals surface area (Å²) in [6.07, 6.45) is -2.73. The lowest BCUT2D eigenvalue weighted by atomic mass is 9.94. The number of likely N-dealkylation sites (tertiary alicyclic amines) is 1. The second-order valence-corrected chi connectivity index (χ2v) is 9.91. The van der Waals surface area contributed by atoms with E-state index in [-0.39, 0.29) is 41.1 Å². The van der Waals surface area contributed by atoms with Crippen molar-refractivity contribution >= 4 is 5.97 Å². The molecular weight excluding hydrogens is 543 g/mol. The fourth-order valence-corrected chi connectivity index (χ4v) is 5.15. The smallest absolute Gasteiger partial charge is 0.434 e. The topological polar surface area (TPSA) is 127 Å². The highest BCUT2D eigenvalue weighted by atomic mass is 19.4. The Morgan fingerprint density at radius 1 is 1.20 bits per heavy atom. The third-order valence-electron chi connectivity index (χ3n) is 7.06. The molecule has 216 valence electrons. The number of methoxy groups -OCH3 is 1. The number of aliphatic carboxylic acids is 1. The molecule has 2 N–H and O–H groups in total. The van der Waals surface area contributed by atoms with Crippen LogP contribution >= 0.6 is 0 Å². The van der Waals surface area contributed by atoms with E-state index in [1.807, 2.05) is 0 Å². The summed E-state index contributed by atoms with van der Waals surface area (Å²) in [4.78, 5) is 17.3. The molecule has 0 radical (unpaired) electrons. The van der Waals surface area contributed by atoms with Crippen LogP contribution in [0.4, 0.5) is 13.2 Å². The number of rotatable bonds is 9. The van der Waals surface area contributed by atoms with Crippen molar-refractivity contribution in [3.05, 3.63) is 66.0 Å². The van der Waals surface area contributed by atoms with Crippen molar-refractivity contribution in [3.63, 3.8) is 0 Å². The number of aliphatic hydroxyl groups excluding tert-OH is 1. The van der Waals surface area contributed by atoms with Gasteiger partial charge in [-0.2, -0.15) is 23.3 Å². The van der Waals surface area contributed by atoms with Gasteiger partial charge in [-0.1, -0.05) is 41.6 Å². The zero-order valence-electron chi connectivity index (χ0n) is 22.1. The molecule has 13 heteroatoms. The highest BCUT2D eigenvalue weighted by Crippen LogP contribution is 2.39. The van der Waals surface area contributed by atoms with Gasteiger partial charge in [-0.05, 0) is 43.0 Å². The normalized spacial score (nSPS) is 17.0. The lowest BCUT2D eigenvalue weighted by molar-refractivity contribution is -0.142. The average Bonchev–Trinajstić information content (AvgIpc) is 3.61. The van der Waals surface area contributed by atoms with Crippen molar-refractivity contribution in [2.75, 3.05) is 26.7 Å². The highest BCUT2D eigenvalue weighted by Gasteiger charge is 2.41. The first-order valence-electron chi connectivity index (χ1n) is 13.0. The largest absolute Gasteiger partial charge is 0.494 e. The molecule has 10 nitrogen and oxygen atoms in total. The number of alkyl halides is 3. The Bertz CT molecular complexity index is 1500. The maximum Gasteiger partial charge on any atom is 0.434 e. The summed E-state index contributed by atoms with van der Waals surface area (Å²) in [7, 11) is 1.36. The van der Waals surface area contributed by atoms with Crippen molar-refractivity contribution in [1.29, 1.82) is 0 Å². The summed E-state index contributed by atoms with van der Waals surface area (Å²) in [6.45, 7) is 1.75. The molecule has 3 heterocycles. The molecule has 1 saturated heterocycles. The molecule has 2 aromatic heterocycles. The fourth-order valence-electron chi connectivity index (χ4n) is 5.15. The number of nitrogens with zero attached hydrogens (tertiary/aromatic N) is 5. The quantitative estimate of drug-likeness (QED) is 0.290. The minimum atomic E-state index is -4.79. The molecule has 1 aliphatic heterocycles. The molecule has 0 spiro atoms. The zero-order chi connectivity index (χ0) is 29.1. The second-order valence-electron chi connectivity index (χ2n) is 9.91. The number of carboxylic acids is 1. The van der Waals surface area contributed by atoms with Crippen molar-refractivity contribution in [2.45, 2.75) is 31.5 Å². The number of β-amino-alcohol motifs (C(OH)–C–C–N with tert-alkyl or cyclic N) is 1. The molecule has 0 aliphatic carbocycles. The van der Waals surface area contributed by atoms with E-state index in [2.05, 4.69) is 20.1 Å². The van der Waals surface area contributed by atoms with Crippen molar-refractivity contribution in [2.24, 2.45) is 5.92 Å². The number of carbonyl (C=O) groups is 1. The Hall–Kier alpha value is -4.23. The van der Waals surface area contributed by atoms with Crippen LogP contribution in [-0.4, -0.2) is 67.7 Å². The molecule has 0 bridgehead atoms. The van der Waals surface area contributed by atoms with E-state index >= 15 is 0 Å². The van der Waals surface area contributed by atoms with Crippen LogP contribution < -0.4 is 4.74 Å². The van der Waals surface area contributed by atoms with Gasteiger partial charge in [-0.3, -0.25) is 4.79 Å². The predicted octanol–water partition coefficient (Wildman–Crippen LogP) is 4.84. The third kappa shape index (κ3) is 6.25. The van der Waals surface area contributed by atoms with E-state index in [0.29, 0.717) is 24.2 Å². The van der Waals surface area contributed by atoms with E-state index < -0.39 is 23.9 Å². The third-order valence-corrected chi connectivity index (χ3v) is 7.06. The molecule has 2 aromatic carbocycles. The van der Waals surface area contributed by atoms with Crippen LogP contribution in [0.15, 0.2) is 59.3 Å². The number of hydrogen-bond acceptors (Lipinski definition) is 8. The first kappa shape index (κ1) is 28.3. The molecule has 2 atom stereocenters. The van der Waals surface area contributed by atoms with Gasteiger partial charge in [-0.15, -0.1) is 0 Å². The molecule has 4 aromatic rings. The van der Waals surface area contributed by atoms with Gasteiger partial charge >= 0.3 is 12.1 Å². The highest BCUT2D eigenvalue weighted by molar-refractivity contribution is 5.67. The predicted molar refractivity (Wildman–Crippen MR) is 140 cm³/mol. The summed E-state index contributed by atoms with van der Waals surface area (Å²) in [5.41, 5.74) is -0.239. The summed E-state index contributed by atoms with van der Waals surface area (Å²) in [5.74, 6) is -0.827. The van der Waals surface area contributed by atoms with E-state index in [1.165, 1.54) is 19.2 Å². The van der Waals surface area contributed by atoms with Gasteiger partial charge in [0, 0.05) is 25.1 Å². The van der Waals surface area contributed by atoms with Gasteiger partial charge in [0.1, 0.15) is 11.4 Å². The average molecular weight is 572 g/mol. The van der Waals surface area contributed by atoms with Gasteiger partial charge in [0.15, 0.2) is 5.69 Å². The minimum Gasteiger partial charge on any atom is -0.494 e. The summed E-state index contributed by atoms with van der Waals surface area (Å²) < 4.78 is 53.8. The minimum absolute atomic E-state index is 0.0583. The number of carboxylic acid groups (broad SMARTS) is 1. The standard InChI is InChI=1S/C28H28F3N5O5/c1-40-23-7-3-2-6-21(23)36-25(28(29,30)31)20(14-32-36)27-33-26(34-41-27)19-10-8-18(9-11-19)22(37)16-35-12-4-5-17(15-35)13-24(38)39/h2-3,6-11,14,17,22,37H,4-5,12-13,15-16H2,1H3,(H,38,39)/t17-,22+/m1/s1. The van der Waals surface area contributed by atoms with Crippen molar-refractivity contribution in [1.82, 2.24) is 24.8 Å². The number of halogens is 3.